The summed E-state index contributed by atoms with van der Waals surface area (Å²) in [5.74, 6) is 1.91. The van der Waals surface area contributed by atoms with Crippen molar-refractivity contribution in [3.05, 3.63) is 116 Å². The van der Waals surface area contributed by atoms with Crippen molar-refractivity contribution >= 4 is 0 Å². The van der Waals surface area contributed by atoms with Gasteiger partial charge in [-0.05, 0) is 84.7 Å². The van der Waals surface area contributed by atoms with Gasteiger partial charge in [0.25, 0.3) is 0 Å². The Labute approximate surface area is 303 Å². The van der Waals surface area contributed by atoms with Gasteiger partial charge in [0.1, 0.15) is 35.9 Å². The fraction of sp³-hybridized carbons (Fsp3) is 0.455. The predicted molar refractivity (Wildman–Crippen MR) is 189 cm³/mol. The molecule has 0 saturated carbocycles. The molecule has 4 aromatic carbocycles. The molecule has 6 heterocycles. The standard InChI is InChI=1S/C44H42O8/c1-3-11-23(12-4-1)43-47-21-31-37(51-43)41-35-29(19-45-41)25-15-7-9-17-27(25)33(39(35)49-31)34-28-18-10-8-16-26(28)30-20-46-42-36(30)40(34)50-32-22-48-44(52-38(32)42)24-13-5-2-6-14-24/h1-6,11-14,31-32,37-38,41-44H,7-10,15-22H2/t31-,32-,37+,38+,41-,42-,43+,44+/m1/s1. The van der Waals surface area contributed by atoms with Gasteiger partial charge in [0, 0.05) is 33.4 Å². The molecule has 52 heavy (non-hydrogen) atoms. The van der Waals surface area contributed by atoms with Crippen molar-refractivity contribution < 1.29 is 37.9 Å². The SMILES string of the molecule is c1ccc([C@H]2OC[C@H]3Oc4c(-c5c6c(c7c8c5O[C@@H]5CO[C@H](c9ccccc9)O[C@@H]5[C@@H]8OC7)CCCC6)c5c(c6c4[C@@H](OC6)[C@H]3O2)CCCC5)cc1. The molecule has 2 saturated heterocycles. The zero-order valence-corrected chi connectivity index (χ0v) is 29.1. The van der Waals surface area contributed by atoms with E-state index in [1.807, 2.05) is 36.4 Å². The van der Waals surface area contributed by atoms with E-state index < -0.39 is 12.6 Å². The second-order valence-electron chi connectivity index (χ2n) is 15.7. The average molecular weight is 699 g/mol. The first-order valence-electron chi connectivity index (χ1n) is 19.4. The van der Waals surface area contributed by atoms with Crippen molar-refractivity contribution in [3.8, 4) is 22.6 Å². The van der Waals surface area contributed by atoms with Crippen LogP contribution in [0.5, 0.6) is 11.5 Å². The number of hydrogen-bond acceptors (Lipinski definition) is 8. The molecule has 0 radical (unpaired) electrons. The maximum Gasteiger partial charge on any atom is 0.184 e. The third-order valence-corrected chi connectivity index (χ3v) is 12.9. The molecule has 8 nitrogen and oxygen atoms in total. The number of ether oxygens (including phenoxy) is 8. The lowest BCUT2D eigenvalue weighted by atomic mass is 9.73. The molecule has 266 valence electrons. The summed E-state index contributed by atoms with van der Waals surface area (Å²) in [7, 11) is 0. The zero-order valence-electron chi connectivity index (χ0n) is 29.1. The Morgan fingerprint density at radius 3 is 1.31 bits per heavy atom. The monoisotopic (exact) mass is 698 g/mol. The van der Waals surface area contributed by atoms with Crippen LogP contribution in [-0.2, 0) is 67.3 Å². The molecule has 2 fully saturated rings. The van der Waals surface area contributed by atoms with E-state index in [2.05, 4.69) is 24.3 Å². The minimum atomic E-state index is -0.453. The summed E-state index contributed by atoms with van der Waals surface area (Å²) in [6.45, 7) is 2.03. The molecule has 0 N–H and O–H groups in total. The van der Waals surface area contributed by atoms with Crippen molar-refractivity contribution in [2.24, 2.45) is 0 Å². The highest BCUT2D eigenvalue weighted by Crippen LogP contribution is 2.61. The minimum absolute atomic E-state index is 0.220. The minimum Gasteiger partial charge on any atom is -0.484 e. The van der Waals surface area contributed by atoms with Gasteiger partial charge in [0.2, 0.25) is 0 Å². The summed E-state index contributed by atoms with van der Waals surface area (Å²) in [6.07, 6.45) is 6.34. The topological polar surface area (TPSA) is 73.8 Å². The van der Waals surface area contributed by atoms with E-state index in [4.69, 9.17) is 37.9 Å². The van der Waals surface area contributed by atoms with Gasteiger partial charge >= 0.3 is 0 Å². The van der Waals surface area contributed by atoms with Gasteiger partial charge in [-0.3, -0.25) is 0 Å². The number of hydrogen-bond donors (Lipinski definition) is 0. The van der Waals surface area contributed by atoms with E-state index in [9.17, 15) is 0 Å². The highest BCUT2D eigenvalue weighted by Gasteiger charge is 2.53. The molecule has 8 heteroatoms. The van der Waals surface area contributed by atoms with Crippen LogP contribution >= 0.6 is 0 Å². The van der Waals surface area contributed by atoms with Gasteiger partial charge in [-0.2, -0.15) is 0 Å². The second kappa shape index (κ2) is 11.9. The highest BCUT2D eigenvalue weighted by atomic mass is 16.7. The summed E-state index contributed by atoms with van der Waals surface area (Å²) in [5, 5.41) is 0. The number of benzene rings is 4. The summed E-state index contributed by atoms with van der Waals surface area (Å²) in [6, 6.07) is 20.4. The number of rotatable bonds is 3. The summed E-state index contributed by atoms with van der Waals surface area (Å²) >= 11 is 0. The Bertz CT molecular complexity index is 1930. The fourth-order valence-electron chi connectivity index (χ4n) is 10.6. The average Bonchev–Trinajstić information content (AvgIpc) is 3.87. The van der Waals surface area contributed by atoms with Crippen LogP contribution in [0.1, 0.15) is 106 Å². The molecule has 12 rings (SSSR count). The smallest absolute Gasteiger partial charge is 0.184 e. The molecule has 0 bridgehead atoms. The lowest BCUT2D eigenvalue weighted by Crippen LogP contribution is -2.50. The van der Waals surface area contributed by atoms with E-state index in [0.29, 0.717) is 26.4 Å². The van der Waals surface area contributed by atoms with Crippen LogP contribution in [0.4, 0.5) is 0 Å². The lowest BCUT2D eigenvalue weighted by Gasteiger charge is -2.45. The third-order valence-electron chi connectivity index (χ3n) is 12.9. The van der Waals surface area contributed by atoms with Crippen LogP contribution < -0.4 is 9.47 Å². The van der Waals surface area contributed by atoms with Gasteiger partial charge in [-0.1, -0.05) is 60.7 Å². The Kier molecular flexibility index (Phi) is 7.00. The third kappa shape index (κ3) is 4.43. The molecular weight excluding hydrogens is 656 g/mol. The van der Waals surface area contributed by atoms with E-state index in [0.717, 1.165) is 61.2 Å². The quantitative estimate of drug-likeness (QED) is 0.213. The largest absolute Gasteiger partial charge is 0.484 e. The van der Waals surface area contributed by atoms with E-state index in [-0.39, 0.29) is 36.6 Å². The maximum atomic E-state index is 7.22. The molecule has 0 unspecified atom stereocenters. The van der Waals surface area contributed by atoms with Crippen LogP contribution in [0.15, 0.2) is 60.7 Å². The second-order valence-corrected chi connectivity index (χ2v) is 15.7. The predicted octanol–water partition coefficient (Wildman–Crippen LogP) is 8.00. The van der Waals surface area contributed by atoms with Gasteiger partial charge in [-0.15, -0.1) is 0 Å². The van der Waals surface area contributed by atoms with Crippen LogP contribution in [0.3, 0.4) is 0 Å². The van der Waals surface area contributed by atoms with Gasteiger partial charge < -0.3 is 37.9 Å². The Morgan fingerprint density at radius 2 is 0.865 bits per heavy atom. The normalized spacial score (nSPS) is 31.9. The first-order valence-corrected chi connectivity index (χ1v) is 19.4. The van der Waals surface area contributed by atoms with Crippen molar-refractivity contribution in [1.82, 2.24) is 0 Å². The Hall–Kier alpha value is -3.76. The van der Waals surface area contributed by atoms with Crippen LogP contribution in [0.2, 0.25) is 0 Å². The van der Waals surface area contributed by atoms with Crippen molar-refractivity contribution in [2.75, 3.05) is 13.2 Å². The van der Waals surface area contributed by atoms with E-state index >= 15 is 0 Å². The molecule has 6 aliphatic heterocycles. The molecule has 2 aliphatic carbocycles. The molecule has 8 aliphatic rings. The highest BCUT2D eigenvalue weighted by molar-refractivity contribution is 5.88. The van der Waals surface area contributed by atoms with Crippen LogP contribution in [0, 0.1) is 0 Å². The Morgan fingerprint density at radius 1 is 0.442 bits per heavy atom. The van der Waals surface area contributed by atoms with Crippen molar-refractivity contribution in [3.63, 3.8) is 0 Å². The van der Waals surface area contributed by atoms with Crippen LogP contribution in [0.25, 0.3) is 11.1 Å². The maximum absolute atomic E-state index is 7.22. The summed E-state index contributed by atoms with van der Waals surface area (Å²) in [5.41, 5.74) is 15.2. The fourth-order valence-corrected chi connectivity index (χ4v) is 10.6. The summed E-state index contributed by atoms with van der Waals surface area (Å²) in [4.78, 5) is 0. The molecule has 0 spiro atoms. The first kappa shape index (κ1) is 30.7. The zero-order chi connectivity index (χ0) is 33.9. The molecule has 0 aromatic heterocycles. The molecular formula is C44H42O8. The Balaban J connectivity index is 1.03. The van der Waals surface area contributed by atoms with Gasteiger partial charge in [0.05, 0.1) is 26.4 Å². The molecule has 4 aromatic rings. The molecule has 0 amide bonds. The van der Waals surface area contributed by atoms with Gasteiger partial charge in [-0.25, -0.2) is 0 Å². The molecule has 8 atom stereocenters. The van der Waals surface area contributed by atoms with E-state index in [1.165, 1.54) is 68.5 Å². The number of fused-ring (bicyclic) bond motifs is 8. The van der Waals surface area contributed by atoms with E-state index in [1.54, 1.807) is 0 Å². The summed E-state index contributed by atoms with van der Waals surface area (Å²) < 4.78 is 54.2. The van der Waals surface area contributed by atoms with Crippen LogP contribution in [-0.4, -0.2) is 37.6 Å². The van der Waals surface area contributed by atoms with Crippen molar-refractivity contribution in [2.45, 2.75) is 114 Å². The van der Waals surface area contributed by atoms with Crippen molar-refractivity contribution in [1.29, 1.82) is 0 Å². The lowest BCUT2D eigenvalue weighted by molar-refractivity contribution is -0.280. The van der Waals surface area contributed by atoms with Gasteiger partial charge in [0.15, 0.2) is 24.8 Å². The first-order chi connectivity index (χ1) is 25.8.